The van der Waals surface area contributed by atoms with E-state index >= 15 is 0 Å². The molecule has 1 amide bonds. The van der Waals surface area contributed by atoms with Crippen molar-refractivity contribution in [3.05, 3.63) is 30.3 Å². The minimum absolute atomic E-state index is 0. The zero-order chi connectivity index (χ0) is 27.9. The zero-order valence-electron chi connectivity index (χ0n) is 23.5. The molecule has 228 valence electrons. The SMILES string of the molecule is CCCCCCCO[C@@H]1[C@H]2OC(C)(C)O[C@H]2O[C@@H]1C(CN1CCOCC1)OC(=O)NS(=O)(=O)c1ccccc1.Cl. The third kappa shape index (κ3) is 8.99. The zero-order valence-corrected chi connectivity index (χ0v) is 25.1. The molecule has 0 spiro atoms. The summed E-state index contributed by atoms with van der Waals surface area (Å²) in [5.41, 5.74) is 0. The lowest BCUT2D eigenvalue weighted by molar-refractivity contribution is -0.230. The Kier molecular flexibility index (Phi) is 12.5. The summed E-state index contributed by atoms with van der Waals surface area (Å²) in [7, 11) is -4.11. The Morgan fingerprint density at radius 1 is 1.10 bits per heavy atom. The summed E-state index contributed by atoms with van der Waals surface area (Å²) < 4.78 is 63.4. The van der Waals surface area contributed by atoms with Gasteiger partial charge in [-0.2, -0.15) is 0 Å². The number of benzene rings is 1. The second-order valence-electron chi connectivity index (χ2n) is 10.6. The number of hydrogen-bond acceptors (Lipinski definition) is 10. The first-order chi connectivity index (χ1) is 18.7. The van der Waals surface area contributed by atoms with Crippen molar-refractivity contribution < 1.29 is 41.6 Å². The Morgan fingerprint density at radius 3 is 2.50 bits per heavy atom. The van der Waals surface area contributed by atoms with E-state index in [1.807, 2.05) is 18.6 Å². The van der Waals surface area contributed by atoms with Gasteiger partial charge in [0.05, 0.1) is 18.1 Å². The van der Waals surface area contributed by atoms with Crippen LogP contribution in [0.2, 0.25) is 0 Å². The van der Waals surface area contributed by atoms with E-state index in [1.54, 1.807) is 18.2 Å². The van der Waals surface area contributed by atoms with E-state index in [4.69, 9.17) is 28.4 Å². The molecular formula is C27H43ClN2O9S. The standard InChI is InChI=1S/C27H42N2O9S.ClH/c1-4-5-6-7-11-16-34-23-22(36-25-24(23)37-27(2,3)38-25)21(19-29-14-17-33-18-15-29)35-26(30)28-39(31,32)20-12-9-8-10-13-20;/h8-10,12-13,21-25H,4-7,11,14-19H2,1-3H3,(H,28,30);1H/t21?,22-,23+,24-,25-;/m1./s1. The van der Waals surface area contributed by atoms with Crippen LogP contribution in [0, 0.1) is 0 Å². The van der Waals surface area contributed by atoms with Crippen molar-refractivity contribution in [1.29, 1.82) is 0 Å². The van der Waals surface area contributed by atoms with Gasteiger partial charge in [-0.3, -0.25) is 4.90 Å². The third-order valence-electron chi connectivity index (χ3n) is 7.02. The number of nitrogens with one attached hydrogen (secondary N) is 1. The first kappa shape index (κ1) is 33.0. The Bertz CT molecular complexity index is 1020. The van der Waals surface area contributed by atoms with Crippen molar-refractivity contribution in [1.82, 2.24) is 9.62 Å². The lowest BCUT2D eigenvalue weighted by Crippen LogP contribution is -2.52. The van der Waals surface area contributed by atoms with Crippen molar-refractivity contribution in [2.24, 2.45) is 0 Å². The van der Waals surface area contributed by atoms with Crippen LogP contribution >= 0.6 is 12.4 Å². The van der Waals surface area contributed by atoms with Crippen LogP contribution in [0.4, 0.5) is 4.79 Å². The summed E-state index contributed by atoms with van der Waals surface area (Å²) in [6.07, 6.45) is 1.00. The molecule has 0 radical (unpaired) electrons. The predicted molar refractivity (Wildman–Crippen MR) is 149 cm³/mol. The molecule has 13 heteroatoms. The minimum atomic E-state index is -4.11. The summed E-state index contributed by atoms with van der Waals surface area (Å²) in [4.78, 5) is 15.0. The minimum Gasteiger partial charge on any atom is -0.441 e. The molecule has 5 atom stereocenters. The van der Waals surface area contributed by atoms with Crippen molar-refractivity contribution in [3.8, 4) is 0 Å². The van der Waals surface area contributed by atoms with Crippen LogP contribution in [0.3, 0.4) is 0 Å². The van der Waals surface area contributed by atoms with E-state index < -0.39 is 52.6 Å². The molecule has 3 heterocycles. The summed E-state index contributed by atoms with van der Waals surface area (Å²) in [6, 6.07) is 7.67. The van der Waals surface area contributed by atoms with E-state index in [-0.39, 0.29) is 17.3 Å². The Morgan fingerprint density at radius 2 is 1.80 bits per heavy atom. The van der Waals surface area contributed by atoms with Gasteiger partial charge < -0.3 is 28.4 Å². The molecule has 0 bridgehead atoms. The van der Waals surface area contributed by atoms with E-state index in [1.165, 1.54) is 18.6 Å². The third-order valence-corrected chi connectivity index (χ3v) is 8.35. The largest absolute Gasteiger partial charge is 0.441 e. The van der Waals surface area contributed by atoms with Crippen LogP contribution in [0.1, 0.15) is 52.9 Å². The summed E-state index contributed by atoms with van der Waals surface area (Å²) in [5.74, 6) is -0.843. The maximum Gasteiger partial charge on any atom is 0.421 e. The molecule has 1 aromatic rings. The normalized spacial score (nSPS) is 27.0. The molecule has 40 heavy (non-hydrogen) atoms. The van der Waals surface area contributed by atoms with Crippen LogP contribution < -0.4 is 4.72 Å². The molecule has 3 fully saturated rings. The molecule has 3 saturated heterocycles. The monoisotopic (exact) mass is 606 g/mol. The highest BCUT2D eigenvalue weighted by Gasteiger charge is 2.58. The fraction of sp³-hybridized carbons (Fsp3) is 0.741. The Balaban J connectivity index is 0.00000441. The number of nitrogens with zero attached hydrogens (tertiary/aromatic N) is 1. The number of fused-ring (bicyclic) bond motifs is 1. The smallest absolute Gasteiger partial charge is 0.421 e. The molecule has 1 N–H and O–H groups in total. The van der Waals surface area contributed by atoms with Crippen LogP contribution in [-0.2, 0) is 38.4 Å². The van der Waals surface area contributed by atoms with Gasteiger partial charge in [0, 0.05) is 26.2 Å². The van der Waals surface area contributed by atoms with Gasteiger partial charge in [-0.1, -0.05) is 50.8 Å². The maximum absolute atomic E-state index is 12.9. The Hall–Kier alpha value is -1.51. The number of rotatable bonds is 13. The van der Waals surface area contributed by atoms with Gasteiger partial charge >= 0.3 is 6.09 Å². The van der Waals surface area contributed by atoms with Crippen LogP contribution in [0.5, 0.6) is 0 Å². The highest BCUT2D eigenvalue weighted by Crippen LogP contribution is 2.40. The van der Waals surface area contributed by atoms with Crippen molar-refractivity contribution in [3.63, 3.8) is 0 Å². The molecule has 0 aliphatic carbocycles. The molecule has 3 aliphatic rings. The molecule has 11 nitrogen and oxygen atoms in total. The van der Waals surface area contributed by atoms with Crippen LogP contribution in [0.25, 0.3) is 0 Å². The number of carbonyl (C=O) groups excluding carboxylic acids is 1. The first-order valence-electron chi connectivity index (χ1n) is 13.9. The molecule has 0 aromatic heterocycles. The number of halogens is 1. The lowest BCUT2D eigenvalue weighted by atomic mass is 10.0. The molecule has 1 unspecified atom stereocenters. The van der Waals surface area contributed by atoms with Crippen molar-refractivity contribution >= 4 is 28.5 Å². The van der Waals surface area contributed by atoms with E-state index in [9.17, 15) is 13.2 Å². The van der Waals surface area contributed by atoms with Gasteiger partial charge in [0.25, 0.3) is 10.0 Å². The summed E-state index contributed by atoms with van der Waals surface area (Å²) in [6.45, 7) is 9.01. The van der Waals surface area contributed by atoms with Crippen LogP contribution in [-0.4, -0.2) is 95.4 Å². The van der Waals surface area contributed by atoms with Gasteiger partial charge in [0.15, 0.2) is 12.1 Å². The number of amides is 1. The van der Waals surface area contributed by atoms with Gasteiger partial charge in [-0.05, 0) is 32.4 Å². The molecule has 3 aliphatic heterocycles. The first-order valence-corrected chi connectivity index (χ1v) is 15.4. The van der Waals surface area contributed by atoms with Gasteiger partial charge in [-0.15, -0.1) is 12.4 Å². The van der Waals surface area contributed by atoms with Gasteiger partial charge in [-0.25, -0.2) is 17.9 Å². The second-order valence-corrected chi connectivity index (χ2v) is 12.3. The lowest BCUT2D eigenvalue weighted by Gasteiger charge is -2.35. The Labute approximate surface area is 243 Å². The quantitative estimate of drug-likeness (QED) is 0.334. The fourth-order valence-corrected chi connectivity index (χ4v) is 6.00. The number of unbranched alkanes of at least 4 members (excludes halogenated alkanes) is 4. The predicted octanol–water partition coefficient (Wildman–Crippen LogP) is 3.46. The summed E-state index contributed by atoms with van der Waals surface area (Å²) in [5, 5.41) is 0. The van der Waals surface area contributed by atoms with Crippen molar-refractivity contribution in [2.75, 3.05) is 39.5 Å². The van der Waals surface area contributed by atoms with E-state index in [0.717, 1.165) is 25.7 Å². The topological polar surface area (TPSA) is 122 Å². The van der Waals surface area contributed by atoms with Gasteiger partial charge in [0.2, 0.25) is 0 Å². The number of carbonyl (C=O) groups is 1. The van der Waals surface area contributed by atoms with Gasteiger partial charge in [0.1, 0.15) is 24.4 Å². The van der Waals surface area contributed by atoms with Crippen molar-refractivity contribution in [2.45, 2.75) is 94.3 Å². The number of morpholine rings is 1. The number of sulfonamides is 1. The molecule has 1 aromatic carbocycles. The fourth-order valence-electron chi connectivity index (χ4n) is 5.09. The highest BCUT2D eigenvalue weighted by atomic mass is 35.5. The highest BCUT2D eigenvalue weighted by molar-refractivity contribution is 7.90. The van der Waals surface area contributed by atoms with E-state index in [0.29, 0.717) is 39.5 Å². The van der Waals surface area contributed by atoms with Crippen LogP contribution in [0.15, 0.2) is 35.2 Å². The average molecular weight is 607 g/mol. The maximum atomic E-state index is 12.9. The van der Waals surface area contributed by atoms with E-state index in [2.05, 4.69) is 11.8 Å². The number of ether oxygens (including phenoxy) is 6. The average Bonchev–Trinajstić information content (AvgIpc) is 3.38. The molecular weight excluding hydrogens is 564 g/mol. The summed E-state index contributed by atoms with van der Waals surface area (Å²) >= 11 is 0. The molecule has 4 rings (SSSR count). The number of hydrogen-bond donors (Lipinski definition) is 1. The molecule has 0 saturated carbocycles. The second kappa shape index (κ2) is 15.1.